The van der Waals surface area contributed by atoms with E-state index in [1.165, 1.54) is 0 Å². The SMILES string of the molecule is Cn1cc(-c2ccc3cc(OCC(O)CN4CCNC(=O)C4)ccc3c2)ccc1=O. The van der Waals surface area contributed by atoms with Gasteiger partial charge in [0.15, 0.2) is 0 Å². The minimum Gasteiger partial charge on any atom is -0.491 e. The van der Waals surface area contributed by atoms with Crippen LogP contribution in [0, 0.1) is 0 Å². The van der Waals surface area contributed by atoms with Crippen molar-refractivity contribution in [3.63, 3.8) is 0 Å². The highest BCUT2D eigenvalue weighted by atomic mass is 16.5. The second-order valence-electron chi connectivity index (χ2n) is 7.64. The fraction of sp³-hybridized carbons (Fsp3) is 0.304. The fourth-order valence-electron chi connectivity index (χ4n) is 3.65. The molecule has 2 aromatic carbocycles. The average Bonchev–Trinajstić information content (AvgIpc) is 2.74. The minimum absolute atomic E-state index is 0.0130. The lowest BCUT2D eigenvalue weighted by Crippen LogP contribution is -2.50. The van der Waals surface area contributed by atoms with Crippen LogP contribution >= 0.6 is 0 Å². The van der Waals surface area contributed by atoms with Gasteiger partial charge in [-0.05, 0) is 46.2 Å². The van der Waals surface area contributed by atoms with Gasteiger partial charge in [-0.25, -0.2) is 0 Å². The lowest BCUT2D eigenvalue weighted by Gasteiger charge is -2.28. The summed E-state index contributed by atoms with van der Waals surface area (Å²) in [6.07, 6.45) is 1.16. The van der Waals surface area contributed by atoms with Crippen molar-refractivity contribution in [3.05, 3.63) is 65.1 Å². The van der Waals surface area contributed by atoms with E-state index in [2.05, 4.69) is 11.4 Å². The molecule has 0 aliphatic carbocycles. The first-order chi connectivity index (χ1) is 14.5. The first kappa shape index (κ1) is 20.1. The summed E-state index contributed by atoms with van der Waals surface area (Å²) >= 11 is 0. The summed E-state index contributed by atoms with van der Waals surface area (Å²) in [6, 6.07) is 15.3. The van der Waals surface area contributed by atoms with Crippen molar-refractivity contribution in [2.45, 2.75) is 6.10 Å². The molecular weight excluding hydrogens is 382 g/mol. The number of fused-ring (bicyclic) bond motifs is 1. The van der Waals surface area contributed by atoms with E-state index >= 15 is 0 Å². The number of β-amino-alcohol motifs (C(OH)–C–C–N with tert-alkyl or cyclic N) is 1. The van der Waals surface area contributed by atoms with Gasteiger partial charge in [-0.3, -0.25) is 14.5 Å². The van der Waals surface area contributed by atoms with Crippen molar-refractivity contribution in [1.29, 1.82) is 0 Å². The molecule has 4 rings (SSSR count). The summed E-state index contributed by atoms with van der Waals surface area (Å²) in [4.78, 5) is 24.9. The van der Waals surface area contributed by atoms with Gasteiger partial charge in [0.1, 0.15) is 18.5 Å². The Hall–Kier alpha value is -3.16. The summed E-state index contributed by atoms with van der Waals surface area (Å²) in [6.45, 7) is 2.23. The maximum absolute atomic E-state index is 11.6. The van der Waals surface area contributed by atoms with Gasteiger partial charge in [-0.15, -0.1) is 0 Å². The number of pyridine rings is 1. The summed E-state index contributed by atoms with van der Waals surface area (Å²) in [5.74, 6) is 0.675. The minimum atomic E-state index is -0.668. The Morgan fingerprint density at radius 2 is 1.83 bits per heavy atom. The van der Waals surface area contributed by atoms with E-state index in [0.717, 1.165) is 28.4 Å². The van der Waals surface area contributed by atoms with Crippen LogP contribution in [0.25, 0.3) is 21.9 Å². The van der Waals surface area contributed by atoms with Gasteiger partial charge in [0.2, 0.25) is 11.5 Å². The smallest absolute Gasteiger partial charge is 0.250 e. The van der Waals surface area contributed by atoms with Gasteiger partial charge in [-0.1, -0.05) is 18.2 Å². The number of hydrogen-bond acceptors (Lipinski definition) is 5. The quantitative estimate of drug-likeness (QED) is 0.645. The van der Waals surface area contributed by atoms with Crippen molar-refractivity contribution in [2.75, 3.05) is 32.8 Å². The van der Waals surface area contributed by atoms with E-state index in [1.54, 1.807) is 17.7 Å². The predicted octanol–water partition coefficient (Wildman–Crippen LogP) is 1.38. The number of carbonyl (C=O) groups is 1. The van der Waals surface area contributed by atoms with Crippen LogP contribution in [0.15, 0.2) is 59.5 Å². The van der Waals surface area contributed by atoms with E-state index in [-0.39, 0.29) is 18.1 Å². The summed E-state index contributed by atoms with van der Waals surface area (Å²) < 4.78 is 7.34. The Labute approximate surface area is 174 Å². The number of aromatic nitrogens is 1. The molecule has 156 valence electrons. The molecular formula is C23H25N3O4. The molecule has 7 nitrogen and oxygen atoms in total. The second kappa shape index (κ2) is 8.69. The van der Waals surface area contributed by atoms with Crippen LogP contribution in [0.3, 0.4) is 0 Å². The Balaban J connectivity index is 1.41. The number of benzene rings is 2. The number of aryl methyl sites for hydroxylation is 1. The molecule has 1 amide bonds. The van der Waals surface area contributed by atoms with Gasteiger partial charge in [0, 0.05) is 38.9 Å². The third kappa shape index (κ3) is 4.69. The third-order valence-corrected chi connectivity index (χ3v) is 5.26. The van der Waals surface area contributed by atoms with Crippen molar-refractivity contribution < 1.29 is 14.6 Å². The topological polar surface area (TPSA) is 83.8 Å². The van der Waals surface area contributed by atoms with E-state index in [0.29, 0.717) is 25.4 Å². The van der Waals surface area contributed by atoms with Crippen LogP contribution in [0.1, 0.15) is 0 Å². The number of carbonyl (C=O) groups excluding carboxylic acids is 1. The number of piperazine rings is 1. The van der Waals surface area contributed by atoms with Crippen LogP contribution in [0.5, 0.6) is 5.75 Å². The number of aliphatic hydroxyl groups excluding tert-OH is 1. The maximum Gasteiger partial charge on any atom is 0.250 e. The molecule has 1 atom stereocenters. The highest BCUT2D eigenvalue weighted by Gasteiger charge is 2.19. The molecule has 1 aromatic heterocycles. The molecule has 2 N–H and O–H groups in total. The average molecular weight is 407 g/mol. The van der Waals surface area contributed by atoms with E-state index < -0.39 is 6.10 Å². The molecule has 30 heavy (non-hydrogen) atoms. The van der Waals surface area contributed by atoms with Crippen molar-refractivity contribution >= 4 is 16.7 Å². The molecule has 1 fully saturated rings. The van der Waals surface area contributed by atoms with E-state index in [4.69, 9.17) is 4.74 Å². The largest absolute Gasteiger partial charge is 0.491 e. The Morgan fingerprint density at radius 1 is 1.07 bits per heavy atom. The van der Waals surface area contributed by atoms with Gasteiger partial charge in [0.25, 0.3) is 0 Å². The Morgan fingerprint density at radius 3 is 2.63 bits per heavy atom. The zero-order valence-corrected chi connectivity index (χ0v) is 16.9. The summed E-state index contributed by atoms with van der Waals surface area (Å²) in [5, 5.41) is 15.1. The number of ether oxygens (including phenoxy) is 1. The van der Waals surface area contributed by atoms with Crippen LogP contribution in [-0.2, 0) is 11.8 Å². The monoisotopic (exact) mass is 407 g/mol. The van der Waals surface area contributed by atoms with Crippen LogP contribution in [-0.4, -0.2) is 59.4 Å². The molecule has 0 radical (unpaired) electrons. The number of amides is 1. The van der Waals surface area contributed by atoms with Gasteiger partial charge in [0.05, 0.1) is 6.54 Å². The third-order valence-electron chi connectivity index (χ3n) is 5.26. The summed E-state index contributed by atoms with van der Waals surface area (Å²) in [5.41, 5.74) is 1.98. The molecule has 1 unspecified atom stereocenters. The molecule has 1 aliphatic heterocycles. The number of aliphatic hydroxyl groups is 1. The second-order valence-corrected chi connectivity index (χ2v) is 7.64. The molecule has 0 saturated carbocycles. The summed E-state index contributed by atoms with van der Waals surface area (Å²) in [7, 11) is 1.74. The molecule has 0 bridgehead atoms. The highest BCUT2D eigenvalue weighted by molar-refractivity contribution is 5.88. The molecule has 2 heterocycles. The standard InChI is InChI=1S/C23H25N3O4/c1-25-12-19(5-7-23(25)29)17-2-3-18-11-21(6-4-16(18)10-17)30-15-20(27)13-26-9-8-24-22(28)14-26/h2-7,10-12,20,27H,8-9,13-15H2,1H3,(H,24,28). The van der Waals surface area contributed by atoms with Gasteiger partial charge in [-0.2, -0.15) is 0 Å². The van der Waals surface area contributed by atoms with E-state index in [9.17, 15) is 14.7 Å². The number of nitrogens with zero attached hydrogens (tertiary/aromatic N) is 2. The van der Waals surface area contributed by atoms with Crippen LogP contribution in [0.4, 0.5) is 0 Å². The van der Waals surface area contributed by atoms with Crippen molar-refractivity contribution in [3.8, 4) is 16.9 Å². The Kier molecular flexibility index (Phi) is 5.83. The predicted molar refractivity (Wildman–Crippen MR) is 116 cm³/mol. The molecule has 1 saturated heterocycles. The molecule has 1 aliphatic rings. The molecule has 7 heteroatoms. The van der Waals surface area contributed by atoms with Crippen LogP contribution in [0.2, 0.25) is 0 Å². The lowest BCUT2D eigenvalue weighted by atomic mass is 10.0. The highest BCUT2D eigenvalue weighted by Crippen LogP contribution is 2.26. The zero-order chi connectivity index (χ0) is 21.1. The molecule has 0 spiro atoms. The van der Waals surface area contributed by atoms with Crippen molar-refractivity contribution in [2.24, 2.45) is 7.05 Å². The van der Waals surface area contributed by atoms with Gasteiger partial charge >= 0.3 is 0 Å². The first-order valence-corrected chi connectivity index (χ1v) is 9.99. The number of nitrogens with one attached hydrogen (secondary N) is 1. The van der Waals surface area contributed by atoms with Crippen molar-refractivity contribution in [1.82, 2.24) is 14.8 Å². The van der Waals surface area contributed by atoms with Crippen LogP contribution < -0.4 is 15.6 Å². The van der Waals surface area contributed by atoms with E-state index in [1.807, 2.05) is 47.5 Å². The number of hydrogen-bond donors (Lipinski definition) is 2. The normalized spacial score (nSPS) is 15.7. The maximum atomic E-state index is 11.6. The number of rotatable bonds is 6. The lowest BCUT2D eigenvalue weighted by molar-refractivity contribution is -0.124. The Bertz CT molecular complexity index is 1120. The zero-order valence-electron chi connectivity index (χ0n) is 16.9. The first-order valence-electron chi connectivity index (χ1n) is 9.99. The fourth-order valence-corrected chi connectivity index (χ4v) is 3.65. The molecule has 3 aromatic rings. The van der Waals surface area contributed by atoms with Gasteiger partial charge < -0.3 is 19.7 Å².